The van der Waals surface area contributed by atoms with Crippen molar-refractivity contribution in [1.29, 1.82) is 0 Å². The number of carboxylic acid groups (broad SMARTS) is 1. The highest BCUT2D eigenvalue weighted by atomic mass is 35.5. The number of nitrogens with zero attached hydrogens (tertiary/aromatic N) is 1. The van der Waals surface area contributed by atoms with Crippen molar-refractivity contribution < 1.29 is 19.4 Å². The summed E-state index contributed by atoms with van der Waals surface area (Å²) in [6.45, 7) is 7.38. The molecule has 148 valence electrons. The number of halogens is 1. The summed E-state index contributed by atoms with van der Waals surface area (Å²) in [5.74, 6) is -0.955. The summed E-state index contributed by atoms with van der Waals surface area (Å²) in [4.78, 5) is 25.8. The van der Waals surface area contributed by atoms with Gasteiger partial charge in [-0.3, -0.25) is 4.79 Å². The predicted molar refractivity (Wildman–Crippen MR) is 103 cm³/mol. The van der Waals surface area contributed by atoms with E-state index in [2.05, 4.69) is 5.32 Å². The van der Waals surface area contributed by atoms with Crippen LogP contribution in [0.25, 0.3) is 0 Å². The van der Waals surface area contributed by atoms with E-state index in [4.69, 9.17) is 16.3 Å². The molecule has 2 N–H and O–H groups in total. The lowest BCUT2D eigenvalue weighted by Crippen LogP contribution is -2.59. The lowest BCUT2D eigenvalue weighted by atomic mass is 9.53. The predicted octanol–water partition coefficient (Wildman–Crippen LogP) is 3.56. The number of rotatable bonds is 4. The minimum atomic E-state index is -0.756. The molecule has 2 fully saturated rings. The van der Waals surface area contributed by atoms with E-state index >= 15 is 0 Å². The van der Waals surface area contributed by atoms with Crippen LogP contribution in [0.4, 0.5) is 4.79 Å². The maximum Gasteiger partial charge on any atom is 0.317 e. The van der Waals surface area contributed by atoms with Crippen LogP contribution in [0.3, 0.4) is 0 Å². The topological polar surface area (TPSA) is 78.9 Å². The number of carboxylic acids is 1. The molecule has 1 saturated carbocycles. The fourth-order valence-electron chi connectivity index (χ4n) is 4.33. The van der Waals surface area contributed by atoms with Gasteiger partial charge in [-0.2, -0.15) is 0 Å². The van der Waals surface area contributed by atoms with Gasteiger partial charge in [-0.25, -0.2) is 4.79 Å². The van der Waals surface area contributed by atoms with E-state index in [0.717, 1.165) is 5.56 Å². The Balaban J connectivity index is 1.58. The van der Waals surface area contributed by atoms with E-state index in [9.17, 15) is 14.7 Å². The van der Waals surface area contributed by atoms with E-state index in [1.807, 2.05) is 45.0 Å². The fraction of sp³-hybridized carbons (Fsp3) is 0.600. The van der Waals surface area contributed by atoms with Gasteiger partial charge in [0.2, 0.25) is 0 Å². The quantitative estimate of drug-likeness (QED) is 0.818. The van der Waals surface area contributed by atoms with Crippen molar-refractivity contribution in [3.63, 3.8) is 0 Å². The van der Waals surface area contributed by atoms with Gasteiger partial charge >= 0.3 is 12.0 Å². The fourth-order valence-corrected chi connectivity index (χ4v) is 4.45. The number of ether oxygens (including phenoxy) is 1. The first-order chi connectivity index (χ1) is 12.7. The first kappa shape index (κ1) is 20.0. The molecule has 1 heterocycles. The maximum atomic E-state index is 12.7. The molecule has 1 aliphatic heterocycles. The van der Waals surface area contributed by atoms with Crippen LogP contribution < -0.4 is 5.32 Å². The molecule has 1 saturated heterocycles. The molecule has 1 aromatic rings. The minimum absolute atomic E-state index is 0.0834. The van der Waals surface area contributed by atoms with Gasteiger partial charge in [-0.05, 0) is 42.4 Å². The molecule has 0 aromatic heterocycles. The Hall–Kier alpha value is -1.79. The summed E-state index contributed by atoms with van der Waals surface area (Å²) >= 11 is 5.94. The number of aliphatic carboxylic acids is 1. The van der Waals surface area contributed by atoms with Crippen LogP contribution in [0.5, 0.6) is 0 Å². The molecule has 6 nitrogen and oxygen atoms in total. The van der Waals surface area contributed by atoms with Crippen molar-refractivity contribution in [3.05, 3.63) is 34.9 Å². The van der Waals surface area contributed by atoms with Gasteiger partial charge in [-0.1, -0.05) is 37.6 Å². The number of carbonyl (C=O) groups excluding carboxylic acids is 1. The SMILES string of the molecule is CC(NC(=O)N1CCO[C@H](c2ccc(Cl)cc2)C1)[C@@H]1C[C@H](C(=O)O)C1(C)C. The van der Waals surface area contributed by atoms with Gasteiger partial charge in [-0.15, -0.1) is 0 Å². The largest absolute Gasteiger partial charge is 0.481 e. The summed E-state index contributed by atoms with van der Waals surface area (Å²) in [6.07, 6.45) is 0.425. The third-order valence-electron chi connectivity index (χ3n) is 6.19. The molecule has 1 aromatic carbocycles. The molecule has 1 unspecified atom stereocenters. The van der Waals surface area contributed by atoms with E-state index < -0.39 is 5.97 Å². The monoisotopic (exact) mass is 394 g/mol. The number of hydrogen-bond acceptors (Lipinski definition) is 3. The van der Waals surface area contributed by atoms with Crippen molar-refractivity contribution >= 4 is 23.6 Å². The highest BCUT2D eigenvalue weighted by Crippen LogP contribution is 2.52. The Labute approximate surface area is 164 Å². The third kappa shape index (κ3) is 4.06. The maximum absolute atomic E-state index is 12.7. The Morgan fingerprint density at radius 1 is 1.33 bits per heavy atom. The van der Waals surface area contributed by atoms with Crippen molar-refractivity contribution in [2.75, 3.05) is 19.7 Å². The number of carbonyl (C=O) groups is 2. The van der Waals surface area contributed by atoms with E-state index in [-0.39, 0.29) is 35.4 Å². The molecule has 3 rings (SSSR count). The van der Waals surface area contributed by atoms with Crippen LogP contribution in [0.15, 0.2) is 24.3 Å². The van der Waals surface area contributed by atoms with Gasteiger partial charge < -0.3 is 20.1 Å². The molecule has 1 aliphatic carbocycles. The van der Waals surface area contributed by atoms with Crippen LogP contribution in [0, 0.1) is 17.3 Å². The number of nitrogens with one attached hydrogen (secondary N) is 1. The molecular formula is C20H27ClN2O4. The van der Waals surface area contributed by atoms with Crippen LogP contribution >= 0.6 is 11.6 Å². The zero-order valence-corrected chi connectivity index (χ0v) is 16.7. The number of amides is 2. The highest BCUT2D eigenvalue weighted by molar-refractivity contribution is 6.30. The zero-order valence-electron chi connectivity index (χ0n) is 15.9. The summed E-state index contributed by atoms with van der Waals surface area (Å²) in [6, 6.07) is 7.26. The van der Waals surface area contributed by atoms with Crippen LogP contribution in [0.1, 0.15) is 38.9 Å². The average molecular weight is 395 g/mol. The van der Waals surface area contributed by atoms with Crippen molar-refractivity contribution in [1.82, 2.24) is 10.2 Å². The van der Waals surface area contributed by atoms with Crippen LogP contribution in [0.2, 0.25) is 5.02 Å². The Kier molecular flexibility index (Phi) is 5.68. The van der Waals surface area contributed by atoms with Gasteiger partial charge in [0.15, 0.2) is 0 Å². The lowest BCUT2D eigenvalue weighted by molar-refractivity contribution is -0.160. The third-order valence-corrected chi connectivity index (χ3v) is 6.44. The number of hydrogen-bond donors (Lipinski definition) is 2. The Morgan fingerprint density at radius 2 is 2.00 bits per heavy atom. The molecule has 0 bridgehead atoms. The first-order valence-corrected chi connectivity index (χ1v) is 9.73. The van der Waals surface area contributed by atoms with E-state index in [1.54, 1.807) is 4.90 Å². The van der Waals surface area contributed by atoms with Gasteiger partial charge in [0, 0.05) is 17.6 Å². The summed E-state index contributed by atoms with van der Waals surface area (Å²) < 4.78 is 5.81. The van der Waals surface area contributed by atoms with E-state index in [0.29, 0.717) is 31.1 Å². The van der Waals surface area contributed by atoms with Crippen molar-refractivity contribution in [2.45, 2.75) is 39.3 Å². The molecule has 27 heavy (non-hydrogen) atoms. The summed E-state index contributed by atoms with van der Waals surface area (Å²) in [5, 5.41) is 13.0. The van der Waals surface area contributed by atoms with Gasteiger partial charge in [0.25, 0.3) is 0 Å². The Bertz CT molecular complexity index is 706. The second-order valence-electron chi connectivity index (χ2n) is 8.15. The summed E-state index contributed by atoms with van der Waals surface area (Å²) in [5.41, 5.74) is 0.671. The molecule has 0 radical (unpaired) electrons. The summed E-state index contributed by atoms with van der Waals surface area (Å²) in [7, 11) is 0. The Morgan fingerprint density at radius 3 is 2.59 bits per heavy atom. The average Bonchev–Trinajstić information content (AvgIpc) is 2.61. The zero-order chi connectivity index (χ0) is 19.8. The lowest BCUT2D eigenvalue weighted by Gasteiger charge is -2.52. The normalized spacial score (nSPS) is 28.1. The molecule has 0 spiro atoms. The molecule has 2 aliphatic rings. The molecule has 7 heteroatoms. The van der Waals surface area contributed by atoms with E-state index in [1.165, 1.54) is 0 Å². The molecular weight excluding hydrogens is 368 g/mol. The highest BCUT2D eigenvalue weighted by Gasteiger charge is 2.54. The minimum Gasteiger partial charge on any atom is -0.481 e. The smallest absolute Gasteiger partial charge is 0.317 e. The number of morpholine rings is 1. The molecule has 4 atom stereocenters. The van der Waals surface area contributed by atoms with Gasteiger partial charge in [0.1, 0.15) is 6.10 Å². The number of urea groups is 1. The first-order valence-electron chi connectivity index (χ1n) is 9.35. The van der Waals surface area contributed by atoms with Crippen molar-refractivity contribution in [2.24, 2.45) is 17.3 Å². The standard InChI is InChI=1S/C20H27ClN2O4/c1-12(15-10-16(18(24)25)20(15,2)3)22-19(26)23-8-9-27-17(11-23)13-4-6-14(21)7-5-13/h4-7,12,15-17H,8-11H2,1-3H3,(H,22,26)(H,24,25)/t12?,15-,16+,17-/m0/s1. The second-order valence-corrected chi connectivity index (χ2v) is 8.59. The number of benzene rings is 1. The second kappa shape index (κ2) is 7.68. The van der Waals surface area contributed by atoms with Crippen LogP contribution in [-0.4, -0.2) is 47.7 Å². The van der Waals surface area contributed by atoms with Crippen molar-refractivity contribution in [3.8, 4) is 0 Å². The van der Waals surface area contributed by atoms with Gasteiger partial charge in [0.05, 0.1) is 19.1 Å². The van der Waals surface area contributed by atoms with Crippen LogP contribution in [-0.2, 0) is 9.53 Å². The molecule has 2 amide bonds.